The summed E-state index contributed by atoms with van der Waals surface area (Å²) in [5, 5.41) is -0.0434. The summed E-state index contributed by atoms with van der Waals surface area (Å²) in [4.78, 5) is 10.5. The first-order chi connectivity index (χ1) is 4.27. The Morgan fingerprint density at radius 2 is 1.78 bits per heavy atom. The lowest BCUT2D eigenvalue weighted by atomic mass is 9.89. The first-order valence-electron chi connectivity index (χ1n) is 3.52. The highest BCUT2D eigenvalue weighted by atomic mass is 31.0. The fraction of sp³-hybridized carbons (Fsp3) is 0.857. The third kappa shape index (κ3) is 1.76. The van der Waals surface area contributed by atoms with E-state index in [9.17, 15) is 4.79 Å². The Morgan fingerprint density at radius 1 is 1.22 bits per heavy atom. The van der Waals surface area contributed by atoms with Crippen molar-refractivity contribution in [3.63, 3.8) is 0 Å². The maximum Gasteiger partial charge on any atom is 0.129 e. The van der Waals surface area contributed by atoms with Crippen molar-refractivity contribution < 1.29 is 4.79 Å². The summed E-state index contributed by atoms with van der Waals surface area (Å²) in [5.74, 6) is 0. The van der Waals surface area contributed by atoms with Crippen LogP contribution in [-0.2, 0) is 4.79 Å². The van der Waals surface area contributed by atoms with Gasteiger partial charge in [-0.05, 0) is 12.8 Å². The maximum absolute atomic E-state index is 10.5. The van der Waals surface area contributed by atoms with E-state index >= 15 is 0 Å². The minimum absolute atomic E-state index is 0.0434. The molecule has 0 spiro atoms. The van der Waals surface area contributed by atoms with Crippen LogP contribution in [0.1, 0.15) is 32.1 Å². The van der Waals surface area contributed by atoms with Gasteiger partial charge in [-0.2, -0.15) is 0 Å². The number of carbonyl (C=O) groups excluding carboxylic acids is 1. The molecule has 1 fully saturated rings. The zero-order valence-corrected chi connectivity index (χ0v) is 6.75. The second-order valence-electron chi connectivity index (χ2n) is 2.91. The quantitative estimate of drug-likeness (QED) is 0.405. The SMILES string of the molecule is O=CC1(P)CCCCC1. The van der Waals surface area contributed by atoms with Crippen molar-refractivity contribution in [3.05, 3.63) is 0 Å². The van der Waals surface area contributed by atoms with Crippen LogP contribution in [-0.4, -0.2) is 11.4 Å². The molecule has 52 valence electrons. The van der Waals surface area contributed by atoms with Crippen molar-refractivity contribution in [1.82, 2.24) is 0 Å². The summed E-state index contributed by atoms with van der Waals surface area (Å²) in [6.45, 7) is 0. The third-order valence-electron chi connectivity index (χ3n) is 2.02. The monoisotopic (exact) mass is 144 g/mol. The van der Waals surface area contributed by atoms with Crippen LogP contribution < -0.4 is 0 Å². The molecule has 1 aliphatic carbocycles. The zero-order chi connectivity index (χ0) is 6.74. The van der Waals surface area contributed by atoms with Crippen molar-refractivity contribution in [3.8, 4) is 0 Å². The molecule has 0 heterocycles. The van der Waals surface area contributed by atoms with E-state index in [1.54, 1.807) is 0 Å². The zero-order valence-electron chi connectivity index (χ0n) is 5.60. The van der Waals surface area contributed by atoms with E-state index in [2.05, 4.69) is 9.24 Å². The Labute approximate surface area is 58.4 Å². The Morgan fingerprint density at radius 3 is 2.11 bits per heavy atom. The van der Waals surface area contributed by atoms with Crippen LogP contribution in [0.15, 0.2) is 0 Å². The summed E-state index contributed by atoms with van der Waals surface area (Å²) in [6.07, 6.45) is 6.99. The van der Waals surface area contributed by atoms with Gasteiger partial charge in [-0.3, -0.25) is 0 Å². The van der Waals surface area contributed by atoms with E-state index in [1.807, 2.05) is 0 Å². The topological polar surface area (TPSA) is 17.1 Å². The average Bonchev–Trinajstić information content (AvgIpc) is 1.90. The van der Waals surface area contributed by atoms with Gasteiger partial charge in [0.15, 0.2) is 0 Å². The second-order valence-corrected chi connectivity index (χ2v) is 4.06. The highest BCUT2D eigenvalue weighted by molar-refractivity contribution is 7.20. The predicted molar refractivity (Wildman–Crippen MR) is 41.6 cm³/mol. The molecule has 0 saturated heterocycles. The Balaban J connectivity index is 2.46. The van der Waals surface area contributed by atoms with Crippen LogP contribution in [0.3, 0.4) is 0 Å². The third-order valence-corrected chi connectivity index (χ3v) is 2.73. The highest BCUT2D eigenvalue weighted by Crippen LogP contribution is 2.33. The molecule has 1 atom stereocenters. The summed E-state index contributed by atoms with van der Waals surface area (Å²) in [6, 6.07) is 0. The number of hydrogen-bond donors (Lipinski definition) is 0. The van der Waals surface area contributed by atoms with Gasteiger partial charge in [-0.1, -0.05) is 19.3 Å². The van der Waals surface area contributed by atoms with Crippen molar-refractivity contribution >= 4 is 15.5 Å². The van der Waals surface area contributed by atoms with Crippen LogP contribution in [0.2, 0.25) is 0 Å². The number of rotatable bonds is 1. The average molecular weight is 144 g/mol. The van der Waals surface area contributed by atoms with Gasteiger partial charge >= 0.3 is 0 Å². The van der Waals surface area contributed by atoms with Gasteiger partial charge in [-0.25, -0.2) is 0 Å². The van der Waals surface area contributed by atoms with E-state index in [0.29, 0.717) is 0 Å². The maximum atomic E-state index is 10.5. The lowest BCUT2D eigenvalue weighted by molar-refractivity contribution is -0.110. The summed E-state index contributed by atoms with van der Waals surface area (Å²) >= 11 is 0. The van der Waals surface area contributed by atoms with E-state index in [1.165, 1.54) is 19.3 Å². The highest BCUT2D eigenvalue weighted by Gasteiger charge is 2.25. The normalized spacial score (nSPS) is 25.4. The van der Waals surface area contributed by atoms with Crippen molar-refractivity contribution in [2.45, 2.75) is 37.3 Å². The number of carbonyl (C=O) groups is 1. The molecule has 2 heteroatoms. The van der Waals surface area contributed by atoms with Crippen molar-refractivity contribution in [1.29, 1.82) is 0 Å². The van der Waals surface area contributed by atoms with E-state index in [0.717, 1.165) is 19.1 Å². The minimum atomic E-state index is -0.0434. The van der Waals surface area contributed by atoms with E-state index < -0.39 is 0 Å². The van der Waals surface area contributed by atoms with E-state index in [4.69, 9.17) is 0 Å². The van der Waals surface area contributed by atoms with Crippen molar-refractivity contribution in [2.75, 3.05) is 0 Å². The van der Waals surface area contributed by atoms with Gasteiger partial charge in [0, 0.05) is 5.16 Å². The first-order valence-corrected chi connectivity index (χ1v) is 4.10. The van der Waals surface area contributed by atoms with Gasteiger partial charge in [0.25, 0.3) is 0 Å². The minimum Gasteiger partial charge on any atom is -0.302 e. The Hall–Kier alpha value is 0.100. The van der Waals surface area contributed by atoms with Gasteiger partial charge < -0.3 is 4.79 Å². The molecule has 0 aliphatic heterocycles. The Bertz CT molecular complexity index is 105. The lowest BCUT2D eigenvalue weighted by Gasteiger charge is -2.26. The molecular weight excluding hydrogens is 131 g/mol. The molecule has 0 amide bonds. The van der Waals surface area contributed by atoms with E-state index in [-0.39, 0.29) is 5.16 Å². The first kappa shape index (κ1) is 7.21. The number of aldehydes is 1. The molecule has 9 heavy (non-hydrogen) atoms. The predicted octanol–water partition coefficient (Wildman–Crippen LogP) is 1.76. The molecule has 1 aliphatic rings. The van der Waals surface area contributed by atoms with Crippen LogP contribution >= 0.6 is 9.24 Å². The molecule has 1 rings (SSSR count). The van der Waals surface area contributed by atoms with Crippen LogP contribution in [0, 0.1) is 0 Å². The molecule has 0 N–H and O–H groups in total. The number of hydrogen-bond acceptors (Lipinski definition) is 1. The molecule has 0 radical (unpaired) electrons. The summed E-state index contributed by atoms with van der Waals surface area (Å²) in [5.41, 5.74) is 0. The summed E-state index contributed by atoms with van der Waals surface area (Å²) < 4.78 is 0. The molecule has 1 nitrogen and oxygen atoms in total. The molecule has 0 bridgehead atoms. The lowest BCUT2D eigenvalue weighted by Crippen LogP contribution is -2.25. The molecule has 0 aromatic carbocycles. The second kappa shape index (κ2) is 2.79. The molecule has 1 saturated carbocycles. The smallest absolute Gasteiger partial charge is 0.129 e. The van der Waals surface area contributed by atoms with Gasteiger partial charge in [0.05, 0.1) is 0 Å². The molecular formula is C7H13OP. The molecule has 0 aromatic heterocycles. The fourth-order valence-electron chi connectivity index (χ4n) is 1.33. The van der Waals surface area contributed by atoms with Crippen LogP contribution in [0.4, 0.5) is 0 Å². The largest absolute Gasteiger partial charge is 0.302 e. The van der Waals surface area contributed by atoms with Crippen molar-refractivity contribution in [2.24, 2.45) is 0 Å². The van der Waals surface area contributed by atoms with Gasteiger partial charge in [-0.15, -0.1) is 9.24 Å². The fourth-order valence-corrected chi connectivity index (χ4v) is 1.74. The van der Waals surface area contributed by atoms with Gasteiger partial charge in [0.1, 0.15) is 6.29 Å². The summed E-state index contributed by atoms with van der Waals surface area (Å²) in [7, 11) is 2.67. The molecule has 0 aromatic rings. The van der Waals surface area contributed by atoms with Crippen LogP contribution in [0.5, 0.6) is 0 Å². The standard InChI is InChI=1S/C7H13OP/c8-6-7(9)4-2-1-3-5-7/h6H,1-5,9H2. The van der Waals surface area contributed by atoms with Gasteiger partial charge in [0.2, 0.25) is 0 Å². The Kier molecular flexibility index (Phi) is 2.23. The van der Waals surface area contributed by atoms with Crippen LogP contribution in [0.25, 0.3) is 0 Å². The molecule has 1 unspecified atom stereocenters.